The van der Waals surface area contributed by atoms with Crippen LogP contribution in [0.4, 0.5) is 18.9 Å². The van der Waals surface area contributed by atoms with Crippen molar-refractivity contribution in [2.75, 3.05) is 12.3 Å². The van der Waals surface area contributed by atoms with Gasteiger partial charge in [0, 0.05) is 0 Å². The number of anilines is 1. The molecule has 0 amide bonds. The lowest BCUT2D eigenvalue weighted by atomic mass is 10.2. The standard InChI is InChI=1S/C10H10F3NO3/c1-2-16-9(15)5-3-6(14)8(11)7(4-5)17-10(12)13/h3-4,10H,2,14H2,1H3. The zero-order chi connectivity index (χ0) is 13.0. The first-order valence-corrected chi connectivity index (χ1v) is 4.66. The molecule has 7 heteroatoms. The number of rotatable bonds is 4. The summed E-state index contributed by atoms with van der Waals surface area (Å²) in [6.07, 6.45) is 0. The van der Waals surface area contributed by atoms with Crippen molar-refractivity contribution in [1.29, 1.82) is 0 Å². The van der Waals surface area contributed by atoms with E-state index in [4.69, 9.17) is 5.73 Å². The molecule has 4 nitrogen and oxygen atoms in total. The number of carbonyl (C=O) groups excluding carboxylic acids is 1. The van der Waals surface area contributed by atoms with Crippen molar-refractivity contribution in [2.45, 2.75) is 13.5 Å². The predicted molar refractivity (Wildman–Crippen MR) is 53.4 cm³/mol. The van der Waals surface area contributed by atoms with Crippen molar-refractivity contribution >= 4 is 11.7 Å². The van der Waals surface area contributed by atoms with E-state index in [1.807, 2.05) is 0 Å². The zero-order valence-corrected chi connectivity index (χ0v) is 8.88. The predicted octanol–water partition coefficient (Wildman–Crippen LogP) is 2.19. The van der Waals surface area contributed by atoms with Gasteiger partial charge in [0.1, 0.15) is 0 Å². The molecule has 1 aromatic rings. The zero-order valence-electron chi connectivity index (χ0n) is 8.88. The van der Waals surface area contributed by atoms with Crippen molar-refractivity contribution in [1.82, 2.24) is 0 Å². The number of hydrogen-bond donors (Lipinski definition) is 1. The fraction of sp³-hybridized carbons (Fsp3) is 0.300. The fourth-order valence-corrected chi connectivity index (χ4v) is 1.13. The van der Waals surface area contributed by atoms with Crippen LogP contribution in [0.3, 0.4) is 0 Å². The maximum absolute atomic E-state index is 13.3. The molecule has 17 heavy (non-hydrogen) atoms. The lowest BCUT2D eigenvalue weighted by Crippen LogP contribution is -2.10. The van der Waals surface area contributed by atoms with Crippen molar-refractivity contribution in [3.8, 4) is 5.75 Å². The molecule has 1 aromatic carbocycles. The van der Waals surface area contributed by atoms with Crippen LogP contribution in [0.2, 0.25) is 0 Å². The van der Waals surface area contributed by atoms with E-state index in [0.717, 1.165) is 12.1 Å². The van der Waals surface area contributed by atoms with Gasteiger partial charge >= 0.3 is 12.6 Å². The molecule has 0 spiro atoms. The number of alkyl halides is 2. The minimum Gasteiger partial charge on any atom is -0.462 e. The number of nitrogen functional groups attached to an aromatic ring is 1. The summed E-state index contributed by atoms with van der Waals surface area (Å²) in [4.78, 5) is 11.3. The van der Waals surface area contributed by atoms with Crippen molar-refractivity contribution in [3.05, 3.63) is 23.5 Å². The highest BCUT2D eigenvalue weighted by Gasteiger charge is 2.17. The molecular formula is C10H10F3NO3. The third-order valence-corrected chi connectivity index (χ3v) is 1.79. The first-order chi connectivity index (χ1) is 7.95. The van der Waals surface area contributed by atoms with Crippen LogP contribution in [-0.2, 0) is 4.74 Å². The Kier molecular flexibility index (Phi) is 4.19. The summed E-state index contributed by atoms with van der Waals surface area (Å²) >= 11 is 0. The molecule has 0 aliphatic rings. The molecule has 0 atom stereocenters. The van der Waals surface area contributed by atoms with Gasteiger partial charge in [0.25, 0.3) is 0 Å². The van der Waals surface area contributed by atoms with E-state index in [1.54, 1.807) is 6.92 Å². The number of benzene rings is 1. The average Bonchev–Trinajstić information content (AvgIpc) is 2.24. The lowest BCUT2D eigenvalue weighted by Gasteiger charge is -2.09. The second-order valence-corrected chi connectivity index (χ2v) is 2.98. The fourth-order valence-electron chi connectivity index (χ4n) is 1.13. The van der Waals surface area contributed by atoms with Crippen molar-refractivity contribution < 1.29 is 27.4 Å². The normalized spacial score (nSPS) is 10.4. The minimum atomic E-state index is -3.21. The molecule has 0 aliphatic heterocycles. The summed E-state index contributed by atoms with van der Waals surface area (Å²) in [5.41, 5.74) is 4.61. The van der Waals surface area contributed by atoms with Gasteiger partial charge in [-0.3, -0.25) is 0 Å². The SMILES string of the molecule is CCOC(=O)c1cc(N)c(F)c(OC(F)F)c1. The number of nitrogens with two attached hydrogens (primary N) is 1. The highest BCUT2D eigenvalue weighted by atomic mass is 19.3. The van der Waals surface area contributed by atoms with Gasteiger partial charge in [0.15, 0.2) is 11.6 Å². The van der Waals surface area contributed by atoms with Gasteiger partial charge in [-0.2, -0.15) is 8.78 Å². The van der Waals surface area contributed by atoms with Crippen LogP contribution in [0, 0.1) is 5.82 Å². The van der Waals surface area contributed by atoms with Crippen LogP contribution < -0.4 is 10.5 Å². The van der Waals surface area contributed by atoms with Crippen LogP contribution in [0.15, 0.2) is 12.1 Å². The number of halogens is 3. The third kappa shape index (κ3) is 3.27. The van der Waals surface area contributed by atoms with Crippen LogP contribution in [-0.4, -0.2) is 19.2 Å². The Balaban J connectivity index is 3.09. The largest absolute Gasteiger partial charge is 0.462 e. The Morgan fingerprint density at radius 2 is 2.12 bits per heavy atom. The molecular weight excluding hydrogens is 239 g/mol. The van der Waals surface area contributed by atoms with Gasteiger partial charge in [-0.25, -0.2) is 9.18 Å². The van der Waals surface area contributed by atoms with Gasteiger partial charge in [-0.05, 0) is 19.1 Å². The molecule has 0 radical (unpaired) electrons. The van der Waals surface area contributed by atoms with Gasteiger partial charge in [0.2, 0.25) is 0 Å². The van der Waals surface area contributed by atoms with E-state index < -0.39 is 29.8 Å². The number of ether oxygens (including phenoxy) is 2. The van der Waals surface area contributed by atoms with Gasteiger partial charge in [-0.15, -0.1) is 0 Å². The molecule has 0 aliphatic carbocycles. The molecule has 2 N–H and O–H groups in total. The highest BCUT2D eigenvalue weighted by Crippen LogP contribution is 2.26. The molecule has 0 heterocycles. The molecule has 94 valence electrons. The monoisotopic (exact) mass is 249 g/mol. The molecule has 0 aromatic heterocycles. The number of esters is 1. The van der Waals surface area contributed by atoms with Crippen LogP contribution >= 0.6 is 0 Å². The average molecular weight is 249 g/mol. The Morgan fingerprint density at radius 3 is 2.65 bits per heavy atom. The molecule has 0 unspecified atom stereocenters. The van der Waals surface area contributed by atoms with Crippen LogP contribution in [0.1, 0.15) is 17.3 Å². The summed E-state index contributed by atoms with van der Waals surface area (Å²) in [7, 11) is 0. The smallest absolute Gasteiger partial charge is 0.387 e. The molecule has 0 saturated heterocycles. The molecule has 0 saturated carbocycles. The van der Waals surface area contributed by atoms with E-state index in [1.165, 1.54) is 0 Å². The van der Waals surface area contributed by atoms with Gasteiger partial charge < -0.3 is 15.2 Å². The van der Waals surface area contributed by atoms with E-state index in [2.05, 4.69) is 9.47 Å². The second kappa shape index (κ2) is 5.42. The molecule has 0 bridgehead atoms. The minimum absolute atomic E-state index is 0.0984. The van der Waals surface area contributed by atoms with Gasteiger partial charge in [0.05, 0.1) is 17.9 Å². The topological polar surface area (TPSA) is 61.5 Å². The van der Waals surface area contributed by atoms with Crippen molar-refractivity contribution in [3.63, 3.8) is 0 Å². The van der Waals surface area contributed by atoms with Crippen LogP contribution in [0.5, 0.6) is 5.75 Å². The maximum atomic E-state index is 13.3. The Labute approximate surface area is 95.1 Å². The number of hydrogen-bond acceptors (Lipinski definition) is 4. The van der Waals surface area contributed by atoms with E-state index >= 15 is 0 Å². The van der Waals surface area contributed by atoms with E-state index in [9.17, 15) is 18.0 Å². The second-order valence-electron chi connectivity index (χ2n) is 2.98. The first-order valence-electron chi connectivity index (χ1n) is 4.66. The quantitative estimate of drug-likeness (QED) is 0.656. The molecule has 1 rings (SSSR count). The first kappa shape index (κ1) is 13.1. The summed E-state index contributed by atoms with van der Waals surface area (Å²) in [5.74, 6) is -2.72. The summed E-state index contributed by atoms with van der Waals surface area (Å²) in [6, 6.07) is 1.81. The number of carbonyl (C=O) groups is 1. The maximum Gasteiger partial charge on any atom is 0.387 e. The summed E-state index contributed by atoms with van der Waals surface area (Å²) in [5, 5.41) is 0. The highest BCUT2D eigenvalue weighted by molar-refractivity contribution is 5.91. The Bertz CT molecular complexity index is 424. The van der Waals surface area contributed by atoms with E-state index in [0.29, 0.717) is 0 Å². The lowest BCUT2D eigenvalue weighted by molar-refractivity contribution is -0.0521. The summed E-state index contributed by atoms with van der Waals surface area (Å²) < 4.78 is 45.7. The van der Waals surface area contributed by atoms with Gasteiger partial charge in [-0.1, -0.05) is 0 Å². The third-order valence-electron chi connectivity index (χ3n) is 1.79. The van der Waals surface area contributed by atoms with Crippen LogP contribution in [0.25, 0.3) is 0 Å². The molecule has 0 fully saturated rings. The van der Waals surface area contributed by atoms with Crippen molar-refractivity contribution in [2.24, 2.45) is 0 Å². The Morgan fingerprint density at radius 1 is 1.47 bits per heavy atom. The summed E-state index contributed by atoms with van der Waals surface area (Å²) in [6.45, 7) is -1.54. The van der Waals surface area contributed by atoms with E-state index in [-0.39, 0.29) is 12.2 Å². The Hall–Kier alpha value is -1.92.